The first-order valence-electron chi connectivity index (χ1n) is 10.7. The number of rotatable bonds is 2. The molecule has 0 atom stereocenters. The van der Waals surface area contributed by atoms with E-state index < -0.39 is 0 Å². The molecule has 5 heteroatoms. The van der Waals surface area contributed by atoms with Crippen molar-refractivity contribution >= 4 is 22.6 Å². The maximum absolute atomic E-state index is 13.8. The van der Waals surface area contributed by atoms with E-state index in [1.165, 1.54) is 11.6 Å². The van der Waals surface area contributed by atoms with Gasteiger partial charge in [0.05, 0.1) is 5.52 Å². The van der Waals surface area contributed by atoms with E-state index in [0.717, 1.165) is 55.4 Å². The number of urea groups is 1. The zero-order valence-electron chi connectivity index (χ0n) is 17.2. The zero-order chi connectivity index (χ0) is 20.7. The maximum atomic E-state index is 13.8. The molecule has 1 saturated heterocycles. The second-order valence-corrected chi connectivity index (χ2v) is 8.87. The monoisotopic (exact) mass is 403 g/mol. The normalized spacial score (nSPS) is 18.4. The van der Waals surface area contributed by atoms with Gasteiger partial charge in [0.2, 0.25) is 0 Å². The summed E-state index contributed by atoms with van der Waals surface area (Å²) in [4.78, 5) is 20.9. The fraction of sp³-hybridized carbons (Fsp3) is 0.360. The van der Waals surface area contributed by atoms with E-state index in [9.17, 15) is 9.18 Å². The third-order valence-corrected chi connectivity index (χ3v) is 6.98. The Morgan fingerprint density at radius 2 is 1.83 bits per heavy atom. The smallest absolute Gasteiger partial charge is 0.323 e. The number of carbonyl (C=O) groups is 1. The standard InChI is InChI=1S/C25H26FN3O/c1-28(20-5-3-2-4-6-20)24(30)29-16-25(17-29)12-9-18(10-13-25)21-11-14-27-23-8-7-19(26)15-22(21)23/h2-8,11,14-15,18H,9-10,12-13,16-17H2,1H3. The molecule has 1 aliphatic carbocycles. The highest BCUT2D eigenvalue weighted by molar-refractivity contribution is 5.92. The molecule has 2 fully saturated rings. The van der Waals surface area contributed by atoms with Crippen LogP contribution in [0.5, 0.6) is 0 Å². The summed E-state index contributed by atoms with van der Waals surface area (Å²) < 4.78 is 13.8. The second-order valence-electron chi connectivity index (χ2n) is 8.87. The van der Waals surface area contributed by atoms with Crippen LogP contribution in [0.2, 0.25) is 0 Å². The molecule has 0 bridgehead atoms. The minimum atomic E-state index is -0.209. The van der Waals surface area contributed by atoms with Crippen LogP contribution < -0.4 is 4.90 Å². The van der Waals surface area contributed by atoms with Crippen molar-refractivity contribution in [2.45, 2.75) is 31.6 Å². The van der Waals surface area contributed by atoms with Crippen LogP contribution in [0.3, 0.4) is 0 Å². The lowest BCUT2D eigenvalue weighted by molar-refractivity contribution is -0.000926. The number of halogens is 1. The van der Waals surface area contributed by atoms with Crippen LogP contribution in [-0.2, 0) is 0 Å². The lowest BCUT2D eigenvalue weighted by Gasteiger charge is -2.54. The summed E-state index contributed by atoms with van der Waals surface area (Å²) in [5.74, 6) is 0.222. The van der Waals surface area contributed by atoms with E-state index in [-0.39, 0.29) is 17.3 Å². The van der Waals surface area contributed by atoms with E-state index in [0.29, 0.717) is 5.92 Å². The molecule has 3 aromatic rings. The number of aromatic nitrogens is 1. The van der Waals surface area contributed by atoms with Gasteiger partial charge in [0.15, 0.2) is 0 Å². The Hall–Kier alpha value is -2.95. The summed E-state index contributed by atoms with van der Waals surface area (Å²) in [6.07, 6.45) is 6.20. The number of carbonyl (C=O) groups excluding carboxylic acids is 1. The number of likely N-dealkylation sites (tertiary alicyclic amines) is 1. The average Bonchev–Trinajstić information content (AvgIpc) is 2.77. The molecule has 0 unspecified atom stereocenters. The largest absolute Gasteiger partial charge is 0.324 e. The van der Waals surface area contributed by atoms with Crippen LogP contribution in [0.1, 0.15) is 37.2 Å². The summed E-state index contributed by atoms with van der Waals surface area (Å²) in [6.45, 7) is 1.67. The van der Waals surface area contributed by atoms with Gasteiger partial charge >= 0.3 is 6.03 Å². The molecule has 2 heterocycles. The summed E-state index contributed by atoms with van der Waals surface area (Å²) in [5.41, 5.74) is 3.24. The van der Waals surface area contributed by atoms with Gasteiger partial charge in [-0.25, -0.2) is 9.18 Å². The lowest BCUT2D eigenvalue weighted by Crippen LogP contribution is -2.61. The highest BCUT2D eigenvalue weighted by Crippen LogP contribution is 2.49. The molecular weight excluding hydrogens is 377 g/mol. The third kappa shape index (κ3) is 3.32. The first-order chi connectivity index (χ1) is 14.5. The van der Waals surface area contributed by atoms with E-state index in [2.05, 4.69) is 11.1 Å². The van der Waals surface area contributed by atoms with Crippen molar-refractivity contribution in [1.82, 2.24) is 9.88 Å². The van der Waals surface area contributed by atoms with Gasteiger partial charge < -0.3 is 4.90 Å². The number of amides is 2. The molecule has 1 saturated carbocycles. The highest BCUT2D eigenvalue weighted by atomic mass is 19.1. The van der Waals surface area contributed by atoms with Crippen molar-refractivity contribution in [1.29, 1.82) is 0 Å². The molecule has 1 aliphatic heterocycles. The summed E-state index contributed by atoms with van der Waals surface area (Å²) in [6, 6.07) is 16.8. The second kappa shape index (κ2) is 7.38. The van der Waals surface area contributed by atoms with Crippen molar-refractivity contribution in [2.75, 3.05) is 25.0 Å². The average molecular weight is 404 g/mol. The topological polar surface area (TPSA) is 36.4 Å². The van der Waals surface area contributed by atoms with E-state index in [4.69, 9.17) is 0 Å². The van der Waals surface area contributed by atoms with Crippen LogP contribution in [0, 0.1) is 11.2 Å². The third-order valence-electron chi connectivity index (χ3n) is 6.98. The van der Waals surface area contributed by atoms with E-state index >= 15 is 0 Å². The number of nitrogens with zero attached hydrogens (tertiary/aromatic N) is 3. The number of para-hydroxylation sites is 1. The molecular formula is C25H26FN3O. The Bertz CT molecular complexity index is 1070. The van der Waals surface area contributed by atoms with Crippen LogP contribution >= 0.6 is 0 Å². The number of hydrogen-bond acceptors (Lipinski definition) is 2. The zero-order valence-corrected chi connectivity index (χ0v) is 17.2. The van der Waals surface area contributed by atoms with Gasteiger partial charge in [0.1, 0.15) is 5.82 Å². The van der Waals surface area contributed by atoms with Gasteiger partial charge in [-0.05, 0) is 73.6 Å². The number of hydrogen-bond donors (Lipinski definition) is 0. The van der Waals surface area contributed by atoms with Crippen molar-refractivity contribution in [3.63, 3.8) is 0 Å². The van der Waals surface area contributed by atoms with Crippen molar-refractivity contribution in [3.8, 4) is 0 Å². The SMILES string of the molecule is CN(C(=O)N1CC2(CCC(c3ccnc4ccc(F)cc34)CC2)C1)c1ccccc1. The molecule has 0 N–H and O–H groups in total. The van der Waals surface area contributed by atoms with Crippen LogP contribution in [0.4, 0.5) is 14.9 Å². The van der Waals surface area contributed by atoms with Gasteiger partial charge in [-0.1, -0.05) is 18.2 Å². The number of benzene rings is 2. The van der Waals surface area contributed by atoms with Gasteiger partial charge in [-0.3, -0.25) is 9.88 Å². The van der Waals surface area contributed by atoms with Gasteiger partial charge in [0, 0.05) is 42.8 Å². The maximum Gasteiger partial charge on any atom is 0.324 e. The Morgan fingerprint density at radius 3 is 2.57 bits per heavy atom. The molecule has 2 aliphatic rings. The summed E-state index contributed by atoms with van der Waals surface area (Å²) >= 11 is 0. The van der Waals surface area contributed by atoms with Crippen LogP contribution in [-0.4, -0.2) is 36.1 Å². The van der Waals surface area contributed by atoms with Gasteiger partial charge in [0.25, 0.3) is 0 Å². The van der Waals surface area contributed by atoms with Gasteiger partial charge in [-0.2, -0.15) is 0 Å². The lowest BCUT2D eigenvalue weighted by atomic mass is 9.64. The first-order valence-corrected chi connectivity index (χ1v) is 10.7. The first kappa shape index (κ1) is 19.0. The predicted octanol–water partition coefficient (Wildman–Crippen LogP) is 5.59. The quantitative estimate of drug-likeness (QED) is 0.559. The molecule has 154 valence electrons. The summed E-state index contributed by atoms with van der Waals surface area (Å²) in [5, 5.41) is 0.938. The van der Waals surface area contributed by atoms with Crippen molar-refractivity contribution in [2.24, 2.45) is 5.41 Å². The highest BCUT2D eigenvalue weighted by Gasteiger charge is 2.47. The molecule has 1 spiro atoms. The summed E-state index contributed by atoms with van der Waals surface area (Å²) in [7, 11) is 1.84. The van der Waals surface area contributed by atoms with E-state index in [1.54, 1.807) is 17.0 Å². The molecule has 2 amide bonds. The predicted molar refractivity (Wildman–Crippen MR) is 117 cm³/mol. The van der Waals surface area contributed by atoms with Crippen LogP contribution in [0.15, 0.2) is 60.8 Å². The molecule has 30 heavy (non-hydrogen) atoms. The number of pyridine rings is 1. The van der Waals surface area contributed by atoms with Crippen molar-refractivity contribution < 1.29 is 9.18 Å². The van der Waals surface area contributed by atoms with Crippen LogP contribution in [0.25, 0.3) is 10.9 Å². The molecule has 2 aromatic carbocycles. The van der Waals surface area contributed by atoms with E-state index in [1.807, 2.05) is 48.5 Å². The molecule has 1 aromatic heterocycles. The fourth-order valence-corrected chi connectivity index (χ4v) is 5.23. The number of anilines is 1. The van der Waals surface area contributed by atoms with Gasteiger partial charge in [-0.15, -0.1) is 0 Å². The Kier molecular flexibility index (Phi) is 4.69. The Morgan fingerprint density at radius 1 is 1.10 bits per heavy atom. The Balaban J connectivity index is 1.24. The minimum absolute atomic E-state index is 0.0737. The minimum Gasteiger partial charge on any atom is -0.323 e. The molecule has 4 nitrogen and oxygen atoms in total. The molecule has 0 radical (unpaired) electrons. The Labute approximate surface area is 176 Å². The molecule has 5 rings (SSSR count). The number of fused-ring (bicyclic) bond motifs is 1. The fourth-order valence-electron chi connectivity index (χ4n) is 5.23. The van der Waals surface area contributed by atoms with Crippen molar-refractivity contribution in [3.05, 3.63) is 72.2 Å².